The van der Waals surface area contributed by atoms with Crippen LogP contribution in [0.5, 0.6) is 5.75 Å². The lowest BCUT2D eigenvalue weighted by atomic mass is 10.2. The van der Waals surface area contributed by atoms with Gasteiger partial charge in [0, 0.05) is 16.5 Å². The topological polar surface area (TPSA) is 82.5 Å². The monoisotopic (exact) mass is 359 g/mol. The zero-order valence-electron chi connectivity index (χ0n) is 14.0. The maximum Gasteiger partial charge on any atom is 0.357 e. The van der Waals surface area contributed by atoms with Gasteiger partial charge in [-0.2, -0.15) is 0 Å². The van der Waals surface area contributed by atoms with Gasteiger partial charge in [0.05, 0.1) is 19.7 Å². The molecule has 25 heavy (non-hydrogen) atoms. The van der Waals surface area contributed by atoms with E-state index in [-0.39, 0.29) is 18.1 Å². The van der Waals surface area contributed by atoms with Gasteiger partial charge in [0.2, 0.25) is 5.91 Å². The van der Waals surface area contributed by atoms with E-state index in [9.17, 15) is 9.59 Å². The van der Waals surface area contributed by atoms with Crippen LogP contribution < -0.4 is 10.1 Å². The predicted octanol–water partition coefficient (Wildman–Crippen LogP) is 2.84. The molecule has 0 bridgehead atoms. The van der Waals surface area contributed by atoms with Crippen molar-refractivity contribution in [3.63, 3.8) is 0 Å². The first-order valence-corrected chi connectivity index (χ1v) is 8.32. The van der Waals surface area contributed by atoms with E-state index < -0.39 is 5.97 Å². The number of hydrogen-bond acceptors (Lipinski definition) is 6. The van der Waals surface area contributed by atoms with Gasteiger partial charge >= 0.3 is 5.97 Å². The molecule has 1 aromatic carbocycles. The van der Waals surface area contributed by atoms with Gasteiger partial charge < -0.3 is 19.4 Å². The zero-order chi connectivity index (χ0) is 18.0. The highest BCUT2D eigenvalue weighted by molar-refractivity contribution is 7.16. The Morgan fingerprint density at radius 2 is 2.08 bits per heavy atom. The average Bonchev–Trinajstić information content (AvgIpc) is 3.17. The number of aromatic nitrogens is 2. The Kier molecular flexibility index (Phi) is 4.71. The first kappa shape index (κ1) is 17.0. The lowest BCUT2D eigenvalue weighted by molar-refractivity contribution is -0.116. The third kappa shape index (κ3) is 3.34. The molecule has 7 nitrogen and oxygen atoms in total. The molecule has 3 aromatic rings. The lowest BCUT2D eigenvalue weighted by Gasteiger charge is -2.06. The van der Waals surface area contributed by atoms with Gasteiger partial charge in [0.1, 0.15) is 12.3 Å². The molecule has 2 heterocycles. The lowest BCUT2D eigenvalue weighted by Crippen LogP contribution is -2.18. The molecule has 0 spiro atoms. The summed E-state index contributed by atoms with van der Waals surface area (Å²) < 4.78 is 11.8. The van der Waals surface area contributed by atoms with E-state index >= 15 is 0 Å². The third-order valence-corrected chi connectivity index (χ3v) is 4.62. The van der Waals surface area contributed by atoms with Crippen molar-refractivity contribution in [2.45, 2.75) is 13.5 Å². The van der Waals surface area contributed by atoms with Crippen LogP contribution >= 0.6 is 11.3 Å². The summed E-state index contributed by atoms with van der Waals surface area (Å²) in [5, 5.41) is 4.04. The van der Waals surface area contributed by atoms with Crippen LogP contribution in [0, 0.1) is 6.92 Å². The van der Waals surface area contributed by atoms with Gasteiger partial charge in [-0.05, 0) is 25.1 Å². The minimum Gasteiger partial charge on any atom is -0.496 e. The van der Waals surface area contributed by atoms with Crippen LogP contribution in [0.1, 0.15) is 15.4 Å². The Morgan fingerprint density at radius 1 is 1.28 bits per heavy atom. The van der Waals surface area contributed by atoms with E-state index in [2.05, 4.69) is 15.0 Å². The Bertz CT molecular complexity index is 945. The molecule has 3 rings (SSSR count). The molecule has 1 amide bonds. The highest BCUT2D eigenvalue weighted by atomic mass is 32.1. The molecule has 0 saturated carbocycles. The highest BCUT2D eigenvalue weighted by Gasteiger charge is 2.17. The van der Waals surface area contributed by atoms with Crippen molar-refractivity contribution in [1.82, 2.24) is 9.55 Å². The van der Waals surface area contributed by atoms with Gasteiger partial charge in [0.15, 0.2) is 10.8 Å². The Hall–Kier alpha value is -2.87. The summed E-state index contributed by atoms with van der Waals surface area (Å²) in [6, 6.07) is 7.58. The fraction of sp³-hybridized carbons (Fsp3) is 0.235. The molecule has 0 aliphatic heterocycles. The van der Waals surface area contributed by atoms with Gasteiger partial charge in [-0.3, -0.25) is 4.79 Å². The number of amides is 1. The second-order valence-corrected chi connectivity index (χ2v) is 6.50. The summed E-state index contributed by atoms with van der Waals surface area (Å²) in [5.41, 5.74) is 1.12. The van der Waals surface area contributed by atoms with Crippen LogP contribution in [0.3, 0.4) is 0 Å². The van der Waals surface area contributed by atoms with Gasteiger partial charge in [0.25, 0.3) is 0 Å². The second-order valence-electron chi connectivity index (χ2n) is 5.30. The number of benzene rings is 1. The van der Waals surface area contributed by atoms with E-state index in [0.717, 1.165) is 16.7 Å². The summed E-state index contributed by atoms with van der Waals surface area (Å²) in [6.45, 7) is 1.88. The van der Waals surface area contributed by atoms with Crippen molar-refractivity contribution in [3.8, 4) is 5.75 Å². The van der Waals surface area contributed by atoms with Crippen molar-refractivity contribution in [2.24, 2.45) is 0 Å². The SMILES string of the molecule is COC(=O)c1nc(NC(=O)Cn2ccc3c(OC)cccc32)sc1C. The van der Waals surface area contributed by atoms with Crippen molar-refractivity contribution in [1.29, 1.82) is 0 Å². The fourth-order valence-corrected chi connectivity index (χ4v) is 3.38. The number of aryl methyl sites for hydroxylation is 1. The number of anilines is 1. The molecule has 8 heteroatoms. The fourth-order valence-electron chi connectivity index (χ4n) is 2.56. The summed E-state index contributed by atoms with van der Waals surface area (Å²) in [6.07, 6.45) is 1.83. The summed E-state index contributed by atoms with van der Waals surface area (Å²) in [7, 11) is 2.91. The molecule has 0 atom stereocenters. The Balaban J connectivity index is 1.76. The van der Waals surface area contributed by atoms with Crippen molar-refractivity contribution in [3.05, 3.63) is 41.0 Å². The smallest absolute Gasteiger partial charge is 0.357 e. The van der Waals surface area contributed by atoms with E-state index in [4.69, 9.17) is 4.74 Å². The molecule has 130 valence electrons. The first-order chi connectivity index (χ1) is 12.0. The minimum atomic E-state index is -0.516. The van der Waals surface area contributed by atoms with E-state index in [1.165, 1.54) is 18.4 Å². The van der Waals surface area contributed by atoms with Crippen molar-refractivity contribution >= 4 is 39.2 Å². The first-order valence-electron chi connectivity index (χ1n) is 7.51. The number of nitrogens with one attached hydrogen (secondary N) is 1. The number of hydrogen-bond donors (Lipinski definition) is 1. The maximum absolute atomic E-state index is 12.3. The van der Waals surface area contributed by atoms with Gasteiger partial charge in [-0.25, -0.2) is 9.78 Å². The molecular formula is C17H17N3O4S. The molecule has 0 fully saturated rings. The van der Waals surface area contributed by atoms with Crippen molar-refractivity contribution in [2.75, 3.05) is 19.5 Å². The minimum absolute atomic E-state index is 0.128. The largest absolute Gasteiger partial charge is 0.496 e. The molecule has 0 radical (unpaired) electrons. The zero-order valence-corrected chi connectivity index (χ0v) is 14.8. The number of nitrogens with zero attached hydrogens (tertiary/aromatic N) is 2. The predicted molar refractivity (Wildman–Crippen MR) is 95.3 cm³/mol. The number of esters is 1. The summed E-state index contributed by atoms with van der Waals surface area (Å²) in [5.74, 6) is 0.0122. The van der Waals surface area contributed by atoms with Crippen LogP contribution in [0.15, 0.2) is 30.5 Å². The van der Waals surface area contributed by atoms with E-state index in [1.54, 1.807) is 14.0 Å². The molecule has 2 aromatic heterocycles. The van der Waals surface area contributed by atoms with Crippen LogP contribution in [0.2, 0.25) is 0 Å². The van der Waals surface area contributed by atoms with Gasteiger partial charge in [-0.1, -0.05) is 6.07 Å². The number of thiazole rings is 1. The summed E-state index contributed by atoms with van der Waals surface area (Å²) >= 11 is 1.24. The van der Waals surface area contributed by atoms with Crippen LogP contribution in [-0.2, 0) is 16.1 Å². The number of carbonyl (C=O) groups excluding carboxylic acids is 2. The normalized spacial score (nSPS) is 10.7. The number of rotatable bonds is 5. The molecular weight excluding hydrogens is 342 g/mol. The number of methoxy groups -OCH3 is 2. The number of carbonyl (C=O) groups is 2. The second kappa shape index (κ2) is 6.94. The molecule has 0 unspecified atom stereocenters. The van der Waals surface area contributed by atoms with Crippen LogP contribution in [0.25, 0.3) is 10.9 Å². The van der Waals surface area contributed by atoms with Crippen molar-refractivity contribution < 1.29 is 19.1 Å². The molecule has 0 aliphatic rings. The van der Waals surface area contributed by atoms with E-state index in [0.29, 0.717) is 10.0 Å². The van der Waals surface area contributed by atoms with Crippen LogP contribution in [0.4, 0.5) is 5.13 Å². The molecule has 0 aliphatic carbocycles. The summed E-state index contributed by atoms with van der Waals surface area (Å²) in [4.78, 5) is 28.7. The standard InChI is InChI=1S/C17H17N3O4S/c1-10-15(16(22)24-3)19-17(25-10)18-14(21)9-20-8-7-11-12(20)5-4-6-13(11)23-2/h4-8H,9H2,1-3H3,(H,18,19,21). The Labute approximate surface area is 148 Å². The number of ether oxygens (including phenoxy) is 2. The van der Waals surface area contributed by atoms with Crippen LogP contribution in [-0.4, -0.2) is 35.6 Å². The average molecular weight is 359 g/mol. The molecule has 1 N–H and O–H groups in total. The Morgan fingerprint density at radius 3 is 2.80 bits per heavy atom. The molecule has 0 saturated heterocycles. The third-order valence-electron chi connectivity index (χ3n) is 3.73. The quantitative estimate of drug-likeness (QED) is 0.708. The maximum atomic E-state index is 12.3. The number of fused-ring (bicyclic) bond motifs is 1. The van der Waals surface area contributed by atoms with Gasteiger partial charge in [-0.15, -0.1) is 11.3 Å². The van der Waals surface area contributed by atoms with E-state index in [1.807, 2.05) is 35.0 Å². The highest BCUT2D eigenvalue weighted by Crippen LogP contribution is 2.26.